The fraction of sp³-hybridized carbons (Fsp3) is 0.250. The Morgan fingerprint density at radius 3 is 2.39 bits per heavy atom. The highest BCUT2D eigenvalue weighted by Crippen LogP contribution is 2.29. The van der Waals surface area contributed by atoms with Gasteiger partial charge in [0, 0.05) is 12.6 Å². The lowest BCUT2D eigenvalue weighted by atomic mass is 10.2. The van der Waals surface area contributed by atoms with Crippen LogP contribution in [0.2, 0.25) is 0 Å². The first-order valence-electron chi connectivity index (χ1n) is 6.99. The fourth-order valence-electron chi connectivity index (χ4n) is 2.12. The van der Waals surface area contributed by atoms with E-state index >= 15 is 0 Å². The van der Waals surface area contributed by atoms with Crippen molar-refractivity contribution in [2.75, 3.05) is 10.8 Å². The van der Waals surface area contributed by atoms with Crippen LogP contribution < -0.4 is 4.31 Å². The molecule has 23 heavy (non-hydrogen) atoms. The van der Waals surface area contributed by atoms with Gasteiger partial charge in [-0.3, -0.25) is 4.31 Å². The molecular weight excluding hydrogens is 324 g/mol. The first-order valence-corrected chi connectivity index (χ1v) is 8.43. The van der Waals surface area contributed by atoms with Gasteiger partial charge in [0.2, 0.25) is 0 Å². The summed E-state index contributed by atoms with van der Waals surface area (Å²) < 4.78 is 53.9. The highest BCUT2D eigenvalue weighted by Gasteiger charge is 2.29. The Morgan fingerprint density at radius 2 is 1.78 bits per heavy atom. The summed E-state index contributed by atoms with van der Waals surface area (Å²) in [7, 11) is -4.31. The van der Waals surface area contributed by atoms with E-state index in [4.69, 9.17) is 0 Å². The van der Waals surface area contributed by atoms with Gasteiger partial charge in [-0.2, -0.15) is 0 Å². The minimum atomic E-state index is -4.31. The summed E-state index contributed by atoms with van der Waals surface area (Å²) in [5.41, 5.74) is 0.183. The van der Waals surface area contributed by atoms with Crippen molar-refractivity contribution in [3.8, 4) is 5.75 Å². The normalized spacial score (nSPS) is 11.7. The van der Waals surface area contributed by atoms with Gasteiger partial charge in [-0.1, -0.05) is 26.0 Å². The molecule has 0 atom stereocenters. The van der Waals surface area contributed by atoms with Crippen LogP contribution in [0.4, 0.5) is 14.5 Å². The summed E-state index contributed by atoms with van der Waals surface area (Å²) in [6.07, 6.45) is 0. The molecule has 2 aromatic rings. The summed E-state index contributed by atoms with van der Waals surface area (Å²) >= 11 is 0. The smallest absolute Gasteiger partial charge is 0.267 e. The summed E-state index contributed by atoms with van der Waals surface area (Å²) in [5.74, 6) is -2.83. The Kier molecular flexibility index (Phi) is 4.89. The molecular formula is C16H17F2NO3S. The predicted molar refractivity (Wildman–Crippen MR) is 83.8 cm³/mol. The Hall–Kier alpha value is -2.15. The maximum Gasteiger partial charge on any atom is 0.267 e. The number of rotatable bonds is 5. The van der Waals surface area contributed by atoms with E-state index in [0.29, 0.717) is 0 Å². The molecule has 124 valence electrons. The summed E-state index contributed by atoms with van der Waals surface area (Å²) in [6, 6.07) is 8.64. The minimum Gasteiger partial charge on any atom is -0.508 e. The SMILES string of the molecule is CC(C)CN(c1cccc(O)c1)S(=O)(=O)c1cccc(F)c1F. The molecule has 0 unspecified atom stereocenters. The average Bonchev–Trinajstić information content (AvgIpc) is 2.47. The maximum atomic E-state index is 14.0. The number of hydrogen-bond donors (Lipinski definition) is 1. The molecule has 0 spiro atoms. The van der Waals surface area contributed by atoms with Crippen LogP contribution in [0.1, 0.15) is 13.8 Å². The van der Waals surface area contributed by atoms with Gasteiger partial charge in [0.1, 0.15) is 10.6 Å². The quantitative estimate of drug-likeness (QED) is 0.905. The number of anilines is 1. The molecule has 0 aliphatic heterocycles. The van der Waals surface area contributed by atoms with Gasteiger partial charge in [-0.15, -0.1) is 0 Å². The van der Waals surface area contributed by atoms with Crippen molar-refractivity contribution in [2.24, 2.45) is 5.92 Å². The van der Waals surface area contributed by atoms with Gasteiger partial charge in [-0.05, 0) is 30.2 Å². The van der Waals surface area contributed by atoms with Crippen molar-refractivity contribution >= 4 is 15.7 Å². The molecule has 0 aliphatic carbocycles. The van der Waals surface area contributed by atoms with E-state index in [1.807, 2.05) is 0 Å². The van der Waals surface area contributed by atoms with Crippen molar-refractivity contribution in [2.45, 2.75) is 18.7 Å². The van der Waals surface area contributed by atoms with E-state index in [-0.39, 0.29) is 23.9 Å². The molecule has 0 saturated carbocycles. The van der Waals surface area contributed by atoms with Crippen molar-refractivity contribution < 1.29 is 22.3 Å². The standard InChI is InChI=1S/C16H17F2NO3S/c1-11(2)10-19(12-5-3-6-13(20)9-12)23(21,22)15-8-4-7-14(17)16(15)18/h3-9,11,20H,10H2,1-2H3. The van der Waals surface area contributed by atoms with Gasteiger partial charge < -0.3 is 5.11 Å². The van der Waals surface area contributed by atoms with Crippen LogP contribution in [0.15, 0.2) is 47.4 Å². The molecule has 0 amide bonds. The summed E-state index contributed by atoms with van der Waals surface area (Å²) in [6.45, 7) is 3.66. The van der Waals surface area contributed by atoms with Crippen molar-refractivity contribution in [3.63, 3.8) is 0 Å². The van der Waals surface area contributed by atoms with Gasteiger partial charge in [0.25, 0.3) is 10.0 Å². The van der Waals surface area contributed by atoms with Crippen LogP contribution in [0, 0.1) is 17.6 Å². The van der Waals surface area contributed by atoms with Crippen molar-refractivity contribution in [1.29, 1.82) is 0 Å². The number of sulfonamides is 1. The van der Waals surface area contributed by atoms with E-state index in [2.05, 4.69) is 0 Å². The minimum absolute atomic E-state index is 0.0573. The van der Waals surface area contributed by atoms with Crippen LogP contribution in [0.5, 0.6) is 5.75 Å². The van der Waals surface area contributed by atoms with E-state index in [1.54, 1.807) is 13.8 Å². The van der Waals surface area contributed by atoms with Crippen molar-refractivity contribution in [3.05, 3.63) is 54.1 Å². The second-order valence-corrected chi connectivity index (χ2v) is 7.33. The number of halogens is 2. The highest BCUT2D eigenvalue weighted by atomic mass is 32.2. The lowest BCUT2D eigenvalue weighted by Gasteiger charge is -2.26. The second-order valence-electron chi connectivity index (χ2n) is 5.50. The van der Waals surface area contributed by atoms with E-state index < -0.39 is 26.6 Å². The van der Waals surface area contributed by atoms with Crippen LogP contribution in [-0.2, 0) is 10.0 Å². The fourth-order valence-corrected chi connectivity index (χ4v) is 3.82. The largest absolute Gasteiger partial charge is 0.508 e. The Bertz CT molecular complexity index is 807. The van der Waals surface area contributed by atoms with Crippen molar-refractivity contribution in [1.82, 2.24) is 0 Å². The third-order valence-electron chi connectivity index (χ3n) is 3.13. The number of aromatic hydroxyl groups is 1. The van der Waals surface area contributed by atoms with E-state index in [9.17, 15) is 22.3 Å². The lowest BCUT2D eigenvalue weighted by Crippen LogP contribution is -2.35. The highest BCUT2D eigenvalue weighted by molar-refractivity contribution is 7.92. The Labute approximate surface area is 134 Å². The number of hydrogen-bond acceptors (Lipinski definition) is 3. The van der Waals surface area contributed by atoms with Gasteiger partial charge in [0.05, 0.1) is 5.69 Å². The molecule has 7 heteroatoms. The lowest BCUT2D eigenvalue weighted by molar-refractivity contribution is 0.475. The van der Waals surface area contributed by atoms with Crippen LogP contribution in [0.3, 0.4) is 0 Å². The van der Waals surface area contributed by atoms with Crippen LogP contribution >= 0.6 is 0 Å². The molecule has 2 rings (SSSR count). The zero-order valence-corrected chi connectivity index (χ0v) is 13.5. The molecule has 0 fully saturated rings. The third-order valence-corrected chi connectivity index (χ3v) is 4.94. The molecule has 1 N–H and O–H groups in total. The second kappa shape index (κ2) is 6.54. The van der Waals surface area contributed by atoms with Gasteiger partial charge in [0.15, 0.2) is 11.6 Å². The zero-order valence-electron chi connectivity index (χ0n) is 12.7. The molecule has 2 aromatic carbocycles. The summed E-state index contributed by atoms with van der Waals surface area (Å²) in [4.78, 5) is -0.735. The molecule has 0 bridgehead atoms. The molecule has 4 nitrogen and oxygen atoms in total. The molecule has 0 aromatic heterocycles. The van der Waals surface area contributed by atoms with E-state index in [1.165, 1.54) is 24.3 Å². The number of phenolic OH excluding ortho intramolecular Hbond substituents is 1. The Balaban J connectivity index is 2.60. The molecule has 0 saturated heterocycles. The summed E-state index contributed by atoms with van der Waals surface area (Å²) in [5, 5.41) is 9.58. The number of benzene rings is 2. The molecule has 0 radical (unpaired) electrons. The van der Waals surface area contributed by atoms with Gasteiger partial charge in [-0.25, -0.2) is 17.2 Å². The first-order chi connectivity index (χ1) is 10.7. The van der Waals surface area contributed by atoms with E-state index in [0.717, 1.165) is 22.5 Å². The Morgan fingerprint density at radius 1 is 1.13 bits per heavy atom. The maximum absolute atomic E-state index is 14.0. The van der Waals surface area contributed by atoms with Crippen LogP contribution in [-0.4, -0.2) is 20.1 Å². The number of phenols is 1. The zero-order chi connectivity index (χ0) is 17.2. The molecule has 0 heterocycles. The first kappa shape index (κ1) is 17.2. The topological polar surface area (TPSA) is 57.6 Å². The average molecular weight is 341 g/mol. The monoisotopic (exact) mass is 341 g/mol. The van der Waals surface area contributed by atoms with Gasteiger partial charge >= 0.3 is 0 Å². The number of nitrogens with zero attached hydrogens (tertiary/aromatic N) is 1. The third kappa shape index (κ3) is 3.61. The van der Waals surface area contributed by atoms with Crippen LogP contribution in [0.25, 0.3) is 0 Å². The molecule has 0 aliphatic rings. The predicted octanol–water partition coefficient (Wildman–Crippen LogP) is 3.52.